The van der Waals surface area contributed by atoms with E-state index >= 15 is 0 Å². The van der Waals surface area contributed by atoms with Crippen LogP contribution in [-0.2, 0) is 6.42 Å². The minimum absolute atomic E-state index is 0.0386. The third-order valence-corrected chi connectivity index (χ3v) is 6.33. The van der Waals surface area contributed by atoms with Crippen LogP contribution in [0.5, 0.6) is 0 Å². The van der Waals surface area contributed by atoms with Crippen LogP contribution in [0, 0.1) is 0 Å². The maximum absolute atomic E-state index is 13.2. The Labute approximate surface area is 185 Å². The van der Waals surface area contributed by atoms with Gasteiger partial charge in [0.05, 0.1) is 28.4 Å². The highest BCUT2D eigenvalue weighted by molar-refractivity contribution is 6.43. The van der Waals surface area contributed by atoms with Crippen LogP contribution < -0.4 is 5.73 Å². The van der Waals surface area contributed by atoms with Crippen LogP contribution >= 0.6 is 11.6 Å². The number of allylic oxidation sites excluding steroid dienone is 2. The van der Waals surface area contributed by atoms with Gasteiger partial charge in [0, 0.05) is 25.5 Å². The van der Waals surface area contributed by atoms with Crippen molar-refractivity contribution < 1.29 is 13.2 Å². The average molecular weight is 454 g/mol. The van der Waals surface area contributed by atoms with E-state index in [0.717, 1.165) is 56.6 Å². The fourth-order valence-corrected chi connectivity index (χ4v) is 4.89. The summed E-state index contributed by atoms with van der Waals surface area (Å²) in [7, 11) is 0. The molecule has 2 unspecified atom stereocenters. The summed E-state index contributed by atoms with van der Waals surface area (Å²) in [5, 5.41) is 0.0386. The summed E-state index contributed by atoms with van der Waals surface area (Å²) in [6.07, 6.45) is 4.49. The van der Waals surface area contributed by atoms with Crippen molar-refractivity contribution in [1.82, 2.24) is 14.8 Å². The van der Waals surface area contributed by atoms with E-state index in [1.165, 1.54) is 10.5 Å². The third kappa shape index (κ3) is 4.96. The zero-order chi connectivity index (χ0) is 22.0. The molecule has 31 heavy (non-hydrogen) atoms. The Kier molecular flexibility index (Phi) is 6.69. The quantitative estimate of drug-likeness (QED) is 0.630. The molecule has 3 aliphatic rings. The van der Waals surface area contributed by atoms with Crippen molar-refractivity contribution in [2.75, 3.05) is 26.2 Å². The minimum atomic E-state index is -4.44. The van der Waals surface area contributed by atoms with E-state index in [1.807, 2.05) is 12.3 Å². The monoisotopic (exact) mass is 453 g/mol. The van der Waals surface area contributed by atoms with Crippen molar-refractivity contribution in [1.29, 1.82) is 0 Å². The number of aromatic nitrogens is 1. The molecule has 5 nitrogen and oxygen atoms in total. The zero-order valence-corrected chi connectivity index (χ0v) is 18.0. The lowest BCUT2D eigenvalue weighted by atomic mass is 9.90. The van der Waals surface area contributed by atoms with E-state index in [9.17, 15) is 13.2 Å². The smallest absolute Gasteiger partial charge is 0.330 e. The number of nitrogens with two attached hydrogens (primary N) is 1. The van der Waals surface area contributed by atoms with Gasteiger partial charge >= 0.3 is 6.18 Å². The lowest BCUT2D eigenvalue weighted by Gasteiger charge is -2.36. The topological polar surface area (TPSA) is 57.8 Å². The number of pyridine rings is 1. The summed E-state index contributed by atoms with van der Waals surface area (Å²) >= 11 is 6.15. The van der Waals surface area contributed by atoms with Gasteiger partial charge in [0.2, 0.25) is 0 Å². The van der Waals surface area contributed by atoms with Gasteiger partial charge in [0.15, 0.2) is 0 Å². The average Bonchev–Trinajstić information content (AvgIpc) is 3.15. The molecular formula is C22H27ClF3N5. The highest BCUT2D eigenvalue weighted by atomic mass is 35.5. The molecule has 2 aliphatic heterocycles. The van der Waals surface area contributed by atoms with E-state index in [2.05, 4.69) is 20.9 Å². The number of aliphatic imine (C=N–C) groups is 1. The lowest BCUT2D eigenvalue weighted by molar-refractivity contribution is -0.0891. The molecule has 1 aromatic rings. The molecule has 0 amide bonds. The fraction of sp³-hybridized carbons (Fsp3) is 0.545. The molecule has 168 valence electrons. The normalized spacial score (nSPS) is 23.3. The molecule has 1 aromatic heterocycles. The number of unbranched alkanes of at least 4 members (excludes halogenated alkanes) is 1. The summed E-state index contributed by atoms with van der Waals surface area (Å²) in [5.41, 5.74) is 7.34. The van der Waals surface area contributed by atoms with Crippen LogP contribution in [0.25, 0.3) is 0 Å². The van der Waals surface area contributed by atoms with E-state index < -0.39 is 11.7 Å². The van der Waals surface area contributed by atoms with Crippen LogP contribution in [-0.4, -0.2) is 59.0 Å². The number of aryl methyl sites for hydroxylation is 1. The SMILES string of the molecule is NCCCCN(CC1CN2C=C(C(F)(F)F)C=C(Cl)C2=N1)C1CCCc2cccnc21. The predicted octanol–water partition coefficient (Wildman–Crippen LogP) is 4.17. The summed E-state index contributed by atoms with van der Waals surface area (Å²) in [4.78, 5) is 13.3. The number of nitrogens with zero attached hydrogens (tertiary/aromatic N) is 4. The first-order chi connectivity index (χ1) is 14.9. The molecule has 3 heterocycles. The molecule has 0 aromatic carbocycles. The number of hydrogen-bond donors (Lipinski definition) is 1. The van der Waals surface area contributed by atoms with Crippen LogP contribution in [0.15, 0.2) is 46.2 Å². The molecule has 4 rings (SSSR count). The maximum atomic E-state index is 13.2. The van der Waals surface area contributed by atoms with Crippen molar-refractivity contribution in [3.8, 4) is 0 Å². The molecule has 1 aliphatic carbocycles. The first-order valence-corrected chi connectivity index (χ1v) is 11.1. The summed E-state index contributed by atoms with van der Waals surface area (Å²) in [5.74, 6) is 0.420. The zero-order valence-electron chi connectivity index (χ0n) is 17.3. The summed E-state index contributed by atoms with van der Waals surface area (Å²) in [6.45, 7) is 2.52. The third-order valence-electron chi connectivity index (χ3n) is 6.05. The first-order valence-electron chi connectivity index (χ1n) is 10.8. The van der Waals surface area contributed by atoms with Crippen LogP contribution in [0.1, 0.15) is 43.0 Å². The molecule has 0 fully saturated rings. The highest BCUT2D eigenvalue weighted by Gasteiger charge is 2.39. The molecular weight excluding hydrogens is 427 g/mol. The van der Waals surface area contributed by atoms with E-state index in [4.69, 9.17) is 17.3 Å². The second-order valence-corrected chi connectivity index (χ2v) is 8.69. The van der Waals surface area contributed by atoms with E-state index in [1.54, 1.807) is 0 Å². The van der Waals surface area contributed by atoms with Crippen molar-refractivity contribution in [2.24, 2.45) is 10.7 Å². The Bertz CT molecular complexity index is 895. The van der Waals surface area contributed by atoms with E-state index in [0.29, 0.717) is 25.5 Å². The summed E-state index contributed by atoms with van der Waals surface area (Å²) < 4.78 is 39.5. The number of fused-ring (bicyclic) bond motifs is 2. The van der Waals surface area contributed by atoms with Gasteiger partial charge in [-0.2, -0.15) is 13.2 Å². The molecule has 9 heteroatoms. The van der Waals surface area contributed by atoms with Crippen molar-refractivity contribution in [3.05, 3.63) is 52.5 Å². The van der Waals surface area contributed by atoms with E-state index in [-0.39, 0.29) is 17.1 Å². The van der Waals surface area contributed by atoms with Gasteiger partial charge in [0.25, 0.3) is 0 Å². The van der Waals surface area contributed by atoms with Gasteiger partial charge in [-0.3, -0.25) is 14.9 Å². The van der Waals surface area contributed by atoms with Gasteiger partial charge in [-0.05, 0) is 62.9 Å². The number of rotatable bonds is 7. The molecule has 0 bridgehead atoms. The van der Waals surface area contributed by atoms with Crippen molar-refractivity contribution in [3.63, 3.8) is 0 Å². The largest absolute Gasteiger partial charge is 0.417 e. The number of alkyl halides is 3. The van der Waals surface area contributed by atoms with Crippen LogP contribution in [0.2, 0.25) is 0 Å². The Morgan fingerprint density at radius 3 is 2.90 bits per heavy atom. The number of halogens is 4. The van der Waals surface area contributed by atoms with Gasteiger partial charge in [-0.15, -0.1) is 0 Å². The second-order valence-electron chi connectivity index (χ2n) is 8.28. The molecule has 0 radical (unpaired) electrons. The molecule has 0 spiro atoms. The Balaban J connectivity index is 1.53. The summed E-state index contributed by atoms with van der Waals surface area (Å²) in [6, 6.07) is 4.14. The molecule has 2 N–H and O–H groups in total. The van der Waals surface area contributed by atoms with Gasteiger partial charge in [-0.25, -0.2) is 0 Å². The fourth-order valence-electron chi connectivity index (χ4n) is 4.62. The van der Waals surface area contributed by atoms with Crippen molar-refractivity contribution >= 4 is 17.4 Å². The standard InChI is InChI=1S/C22H27ClF3N5/c23-18-11-16(22(24,25)26)12-31-14-17(29-21(18)31)13-30(10-2-1-8-27)19-7-3-5-15-6-4-9-28-20(15)19/h4,6,9,11-12,17,19H,1-3,5,7-8,10,13-14,27H2. The van der Waals surface area contributed by atoms with Crippen molar-refractivity contribution in [2.45, 2.75) is 50.4 Å². The number of amidine groups is 1. The molecule has 0 saturated heterocycles. The van der Waals surface area contributed by atoms with Crippen LogP contribution in [0.4, 0.5) is 13.2 Å². The second kappa shape index (κ2) is 9.30. The molecule has 0 saturated carbocycles. The van der Waals surface area contributed by atoms with Gasteiger partial charge < -0.3 is 10.6 Å². The Morgan fingerprint density at radius 2 is 2.13 bits per heavy atom. The van der Waals surface area contributed by atoms with Gasteiger partial charge in [-0.1, -0.05) is 17.7 Å². The Morgan fingerprint density at radius 1 is 1.29 bits per heavy atom. The first kappa shape index (κ1) is 22.3. The number of hydrogen-bond acceptors (Lipinski definition) is 5. The lowest BCUT2D eigenvalue weighted by Crippen LogP contribution is -2.39. The Hall–Kier alpha value is -1.90. The van der Waals surface area contributed by atoms with Gasteiger partial charge in [0.1, 0.15) is 5.84 Å². The molecule has 2 atom stereocenters. The predicted molar refractivity (Wildman–Crippen MR) is 116 cm³/mol. The highest BCUT2D eigenvalue weighted by Crippen LogP contribution is 2.36. The maximum Gasteiger partial charge on any atom is 0.417 e. The minimum Gasteiger partial charge on any atom is -0.330 e. The van der Waals surface area contributed by atoms with Crippen LogP contribution in [0.3, 0.4) is 0 Å².